The summed E-state index contributed by atoms with van der Waals surface area (Å²) < 4.78 is 5.50. The van der Waals surface area contributed by atoms with E-state index in [1.54, 1.807) is 0 Å². The van der Waals surface area contributed by atoms with Crippen molar-refractivity contribution in [2.24, 2.45) is 46.3 Å². The molecule has 0 amide bonds. The predicted molar refractivity (Wildman–Crippen MR) is 129 cm³/mol. The molecule has 3 fully saturated rings. The van der Waals surface area contributed by atoms with Crippen molar-refractivity contribution in [1.82, 2.24) is 0 Å². The van der Waals surface area contributed by atoms with Crippen LogP contribution in [0.25, 0.3) is 0 Å². The molecule has 0 bridgehead atoms. The number of hydrogen-bond acceptors (Lipinski definition) is 3. The van der Waals surface area contributed by atoms with Gasteiger partial charge in [0.1, 0.15) is 11.9 Å². The van der Waals surface area contributed by atoms with Gasteiger partial charge in [-0.25, -0.2) is 0 Å². The van der Waals surface area contributed by atoms with E-state index in [1.807, 2.05) is 0 Å². The minimum Gasteiger partial charge on any atom is -0.458 e. The van der Waals surface area contributed by atoms with E-state index in [9.17, 15) is 9.59 Å². The number of rotatable bonds is 6. The average Bonchev–Trinajstić information content (AvgIpc) is 3.05. The van der Waals surface area contributed by atoms with Gasteiger partial charge in [0.05, 0.1) is 0 Å². The van der Waals surface area contributed by atoms with Gasteiger partial charge in [-0.3, -0.25) is 9.59 Å². The Morgan fingerprint density at radius 1 is 1.06 bits per heavy atom. The number of hydrogen-bond donors (Lipinski definition) is 0. The smallest absolute Gasteiger partial charge is 0.303 e. The molecular weight excluding hydrogens is 396 g/mol. The van der Waals surface area contributed by atoms with Crippen LogP contribution in [0, 0.1) is 46.3 Å². The number of fused-ring (bicyclic) bond motifs is 5. The Bertz CT molecular complexity index is 766. The van der Waals surface area contributed by atoms with Gasteiger partial charge in [-0.15, -0.1) is 0 Å². The Balaban J connectivity index is 1.52. The molecule has 0 spiro atoms. The number of allylic oxidation sites excluding steroid dienone is 1. The van der Waals surface area contributed by atoms with E-state index in [0.29, 0.717) is 29.5 Å². The van der Waals surface area contributed by atoms with Crippen LogP contribution in [0.1, 0.15) is 106 Å². The molecule has 3 heteroatoms. The van der Waals surface area contributed by atoms with Gasteiger partial charge in [-0.2, -0.15) is 0 Å². The lowest BCUT2D eigenvalue weighted by Gasteiger charge is -2.58. The molecule has 3 nitrogen and oxygen atoms in total. The summed E-state index contributed by atoms with van der Waals surface area (Å²) >= 11 is 0. The van der Waals surface area contributed by atoms with Gasteiger partial charge < -0.3 is 4.74 Å². The molecule has 32 heavy (non-hydrogen) atoms. The highest BCUT2D eigenvalue weighted by molar-refractivity contribution is 5.86. The van der Waals surface area contributed by atoms with Crippen molar-refractivity contribution < 1.29 is 14.3 Å². The summed E-state index contributed by atoms with van der Waals surface area (Å²) in [6.45, 7) is 13.6. The number of ether oxygens (including phenoxy) is 1. The van der Waals surface area contributed by atoms with Gasteiger partial charge in [0.2, 0.25) is 0 Å². The van der Waals surface area contributed by atoms with Gasteiger partial charge in [-0.05, 0) is 85.0 Å². The standard InChI is InChI=1S/C29H46O3/c1-18(2)8-7-9-19(3)23-10-11-24-27-25(13-15-29(23,24)6)28(5)14-12-22(32-20(4)30)16-21(28)17-26(27)31/h16,18-19,22-25,27H,7-15,17H2,1-6H3. The number of carbonyl (C=O) groups excluding carboxylic acids is 2. The third kappa shape index (κ3) is 4.11. The maximum atomic E-state index is 13.6. The first-order chi connectivity index (χ1) is 15.1. The van der Waals surface area contributed by atoms with E-state index in [-0.39, 0.29) is 23.4 Å². The molecule has 0 radical (unpaired) electrons. The molecule has 8 unspecified atom stereocenters. The van der Waals surface area contributed by atoms with Gasteiger partial charge >= 0.3 is 5.97 Å². The van der Waals surface area contributed by atoms with Crippen LogP contribution < -0.4 is 0 Å². The molecule has 0 aromatic heterocycles. The molecule has 4 aliphatic rings. The minimum absolute atomic E-state index is 0.109. The van der Waals surface area contributed by atoms with Crippen molar-refractivity contribution in [3.63, 3.8) is 0 Å². The zero-order chi connectivity index (χ0) is 23.3. The van der Waals surface area contributed by atoms with Crippen LogP contribution >= 0.6 is 0 Å². The largest absolute Gasteiger partial charge is 0.458 e. The van der Waals surface area contributed by atoms with E-state index < -0.39 is 0 Å². The molecule has 0 aromatic rings. The second kappa shape index (κ2) is 8.91. The summed E-state index contributed by atoms with van der Waals surface area (Å²) in [7, 11) is 0. The van der Waals surface area contributed by atoms with Gasteiger partial charge in [0.25, 0.3) is 0 Å². The monoisotopic (exact) mass is 442 g/mol. The third-order valence-electron chi connectivity index (χ3n) is 10.4. The van der Waals surface area contributed by atoms with Crippen molar-refractivity contribution >= 4 is 11.8 Å². The van der Waals surface area contributed by atoms with Gasteiger partial charge in [0, 0.05) is 19.3 Å². The fourth-order valence-electron chi connectivity index (χ4n) is 8.72. The molecular formula is C29H46O3. The highest BCUT2D eigenvalue weighted by atomic mass is 16.5. The first kappa shape index (κ1) is 24.0. The maximum absolute atomic E-state index is 13.6. The third-order valence-corrected chi connectivity index (χ3v) is 10.4. The topological polar surface area (TPSA) is 43.4 Å². The van der Waals surface area contributed by atoms with Crippen molar-refractivity contribution in [3.8, 4) is 0 Å². The zero-order valence-corrected chi connectivity index (χ0v) is 21.4. The fourth-order valence-corrected chi connectivity index (χ4v) is 8.72. The van der Waals surface area contributed by atoms with Gasteiger partial charge in [-0.1, -0.05) is 59.5 Å². The molecule has 0 aliphatic heterocycles. The lowest BCUT2D eigenvalue weighted by atomic mass is 9.46. The Labute approximate surface area is 196 Å². The van der Waals surface area contributed by atoms with Gasteiger partial charge in [0.15, 0.2) is 0 Å². The van der Waals surface area contributed by atoms with Crippen molar-refractivity contribution in [1.29, 1.82) is 0 Å². The first-order valence-corrected chi connectivity index (χ1v) is 13.5. The average molecular weight is 443 g/mol. The number of carbonyl (C=O) groups is 2. The molecule has 3 saturated carbocycles. The van der Waals surface area contributed by atoms with Crippen molar-refractivity contribution in [2.45, 2.75) is 112 Å². The first-order valence-electron chi connectivity index (χ1n) is 13.5. The van der Waals surface area contributed by atoms with Crippen molar-refractivity contribution in [3.05, 3.63) is 11.6 Å². The van der Waals surface area contributed by atoms with Crippen LogP contribution in [0.2, 0.25) is 0 Å². The molecule has 4 rings (SSSR count). The van der Waals surface area contributed by atoms with Crippen LogP contribution in [0.4, 0.5) is 0 Å². The Morgan fingerprint density at radius 2 is 1.81 bits per heavy atom. The predicted octanol–water partition coefficient (Wildman–Crippen LogP) is 7.14. The lowest BCUT2D eigenvalue weighted by molar-refractivity contribution is -0.146. The molecule has 4 aliphatic carbocycles. The van der Waals surface area contributed by atoms with E-state index in [2.05, 4.69) is 40.7 Å². The fraction of sp³-hybridized carbons (Fsp3) is 0.862. The Morgan fingerprint density at radius 3 is 2.50 bits per heavy atom. The molecule has 0 N–H and O–H groups in total. The summed E-state index contributed by atoms with van der Waals surface area (Å²) in [5, 5.41) is 0. The van der Waals surface area contributed by atoms with Crippen LogP contribution in [-0.4, -0.2) is 17.9 Å². The van der Waals surface area contributed by atoms with Crippen LogP contribution in [-0.2, 0) is 14.3 Å². The summed E-state index contributed by atoms with van der Waals surface area (Å²) in [5.41, 5.74) is 1.71. The van der Waals surface area contributed by atoms with Crippen LogP contribution in [0.15, 0.2) is 11.6 Å². The second-order valence-electron chi connectivity index (χ2n) is 12.7. The SMILES string of the molecule is CC(=O)OC1C=C2CC(=O)C3C(CCC4(C)C(C(C)CCCC(C)C)CCC34)C2(C)CC1. The number of esters is 1. The normalized spacial score (nSPS) is 42.0. The molecule has 0 saturated heterocycles. The van der Waals surface area contributed by atoms with Crippen molar-refractivity contribution in [2.75, 3.05) is 0 Å². The highest BCUT2D eigenvalue weighted by Crippen LogP contribution is 2.67. The Hall–Kier alpha value is -1.12. The molecule has 180 valence electrons. The lowest BCUT2D eigenvalue weighted by Crippen LogP contribution is -2.54. The van der Waals surface area contributed by atoms with Crippen LogP contribution in [0.5, 0.6) is 0 Å². The summed E-state index contributed by atoms with van der Waals surface area (Å²) in [5.74, 6) is 3.88. The summed E-state index contributed by atoms with van der Waals surface area (Å²) in [6.07, 6.45) is 13.6. The number of ketones is 1. The summed E-state index contributed by atoms with van der Waals surface area (Å²) in [6, 6.07) is 0. The summed E-state index contributed by atoms with van der Waals surface area (Å²) in [4.78, 5) is 25.1. The van der Waals surface area contributed by atoms with E-state index >= 15 is 0 Å². The molecule has 0 heterocycles. The number of Topliss-reactive ketones (excluding diaryl/α,β-unsaturated/α-hetero) is 1. The quantitative estimate of drug-likeness (QED) is 0.324. The minimum atomic E-state index is -0.219. The van der Waals surface area contributed by atoms with E-state index in [1.165, 1.54) is 57.4 Å². The van der Waals surface area contributed by atoms with Crippen LogP contribution in [0.3, 0.4) is 0 Å². The Kier molecular flexibility index (Phi) is 6.69. The second-order valence-corrected chi connectivity index (χ2v) is 12.7. The highest BCUT2D eigenvalue weighted by Gasteiger charge is 2.61. The molecule has 0 aromatic carbocycles. The van der Waals surface area contributed by atoms with E-state index in [0.717, 1.165) is 30.6 Å². The maximum Gasteiger partial charge on any atom is 0.303 e. The molecule has 8 atom stereocenters. The van der Waals surface area contributed by atoms with E-state index in [4.69, 9.17) is 4.74 Å². The zero-order valence-electron chi connectivity index (χ0n) is 21.4.